The Labute approximate surface area is 369 Å². The van der Waals surface area contributed by atoms with Crippen LogP contribution in [-0.4, -0.2) is 176 Å². The Bertz CT molecular complexity index is 1710. The van der Waals surface area contributed by atoms with Crippen LogP contribution >= 0.6 is 0 Å². The summed E-state index contributed by atoms with van der Waals surface area (Å²) in [5, 5.41) is 96.9. The van der Waals surface area contributed by atoms with Gasteiger partial charge in [-0.25, -0.2) is 0 Å². The van der Waals surface area contributed by atoms with E-state index in [9.17, 15) is 46.0 Å². The molecule has 9 rings (SSSR count). The number of aliphatic hydroxyl groups is 9. The summed E-state index contributed by atoms with van der Waals surface area (Å²) in [7, 11) is 0. The Morgan fingerprint density at radius 3 is 1.97 bits per heavy atom. The summed E-state index contributed by atoms with van der Waals surface area (Å²) >= 11 is 0. The quantitative estimate of drug-likeness (QED) is 0.113. The Morgan fingerprint density at radius 1 is 0.683 bits per heavy atom. The summed E-state index contributed by atoms with van der Waals surface area (Å²) in [6, 6.07) is 0. The molecule has 0 aromatic heterocycles. The molecule has 4 saturated carbocycles. The largest absolute Gasteiger partial charge is 0.394 e. The maximum absolute atomic E-state index is 12.4. The fraction of sp³-hybridized carbons (Fsp3) is 0.957. The molecule has 0 aromatic carbocycles. The molecule has 0 radical (unpaired) electrons. The lowest BCUT2D eigenvalue weighted by molar-refractivity contribution is -0.375. The summed E-state index contributed by atoms with van der Waals surface area (Å²) in [5.74, 6) is -0.140. The molecular formula is C46H74O17. The van der Waals surface area contributed by atoms with E-state index >= 15 is 0 Å². The highest BCUT2D eigenvalue weighted by Gasteiger charge is 2.81. The van der Waals surface area contributed by atoms with Gasteiger partial charge in [-0.2, -0.15) is 0 Å². The first kappa shape index (κ1) is 47.1. The van der Waals surface area contributed by atoms with Crippen LogP contribution in [-0.2, 0) is 37.9 Å². The number of hydrogen-bond acceptors (Lipinski definition) is 17. The van der Waals surface area contributed by atoms with Gasteiger partial charge in [0.25, 0.3) is 0 Å². The van der Waals surface area contributed by atoms with Crippen LogP contribution in [0.15, 0.2) is 11.6 Å². The molecule has 5 aliphatic heterocycles. The van der Waals surface area contributed by atoms with Gasteiger partial charge in [-0.1, -0.05) is 39.3 Å². The predicted octanol–water partition coefficient (Wildman–Crippen LogP) is 0.463. The van der Waals surface area contributed by atoms with Gasteiger partial charge < -0.3 is 83.9 Å². The fourth-order valence-corrected chi connectivity index (χ4v) is 15.5. The molecule has 360 valence electrons. The maximum Gasteiger partial charge on any atom is 0.187 e. The van der Waals surface area contributed by atoms with E-state index in [4.69, 9.17) is 37.9 Å². The molecule has 0 aromatic rings. The molecule has 9 aliphatic rings. The predicted molar refractivity (Wildman–Crippen MR) is 219 cm³/mol. The second-order valence-electron chi connectivity index (χ2n) is 22.4. The van der Waals surface area contributed by atoms with Crippen molar-refractivity contribution >= 4 is 0 Å². The first-order chi connectivity index (χ1) is 29.6. The average molecular weight is 899 g/mol. The van der Waals surface area contributed by atoms with E-state index in [1.807, 2.05) is 6.92 Å². The third-order valence-corrected chi connectivity index (χ3v) is 18.7. The zero-order chi connectivity index (χ0) is 45.4. The molecule has 2 unspecified atom stereocenters. The minimum absolute atomic E-state index is 0.0626. The van der Waals surface area contributed by atoms with E-state index in [1.165, 1.54) is 0 Å². The van der Waals surface area contributed by atoms with E-state index in [0.29, 0.717) is 25.6 Å². The summed E-state index contributed by atoms with van der Waals surface area (Å²) < 4.78 is 50.5. The lowest BCUT2D eigenvalue weighted by Crippen LogP contribution is -2.68. The molecule has 4 aliphatic carbocycles. The van der Waals surface area contributed by atoms with E-state index in [2.05, 4.69) is 47.6 Å². The topological polar surface area (TPSA) is 256 Å². The second-order valence-corrected chi connectivity index (χ2v) is 22.4. The van der Waals surface area contributed by atoms with Crippen LogP contribution in [0, 0.1) is 51.2 Å². The minimum Gasteiger partial charge on any atom is -0.394 e. The van der Waals surface area contributed by atoms with Crippen LogP contribution in [0.2, 0.25) is 0 Å². The molecule has 9 fully saturated rings. The fourth-order valence-electron chi connectivity index (χ4n) is 15.5. The van der Waals surface area contributed by atoms with E-state index in [0.717, 1.165) is 44.1 Å². The Morgan fingerprint density at radius 2 is 1.32 bits per heavy atom. The van der Waals surface area contributed by atoms with Gasteiger partial charge in [-0.15, -0.1) is 0 Å². The highest BCUT2D eigenvalue weighted by atomic mass is 16.8. The lowest BCUT2D eigenvalue weighted by Gasteiger charge is -2.70. The molecule has 17 heteroatoms. The zero-order valence-corrected chi connectivity index (χ0v) is 37.8. The van der Waals surface area contributed by atoms with Crippen LogP contribution in [0.1, 0.15) is 93.4 Å². The van der Waals surface area contributed by atoms with Crippen LogP contribution in [0.5, 0.6) is 0 Å². The highest BCUT2D eigenvalue weighted by Crippen LogP contribution is 2.80. The molecular weight excluding hydrogens is 824 g/mol. The van der Waals surface area contributed by atoms with E-state index in [-0.39, 0.29) is 52.6 Å². The third kappa shape index (κ3) is 6.95. The van der Waals surface area contributed by atoms with Gasteiger partial charge in [0.05, 0.1) is 44.7 Å². The smallest absolute Gasteiger partial charge is 0.187 e. The highest BCUT2D eigenvalue weighted by molar-refractivity contribution is 5.27. The van der Waals surface area contributed by atoms with Crippen LogP contribution in [0.3, 0.4) is 0 Å². The van der Waals surface area contributed by atoms with Gasteiger partial charge in [0.1, 0.15) is 61.0 Å². The summed E-state index contributed by atoms with van der Waals surface area (Å²) in [6.45, 7) is 15.1. The first-order valence-corrected chi connectivity index (χ1v) is 23.4. The molecule has 0 amide bonds. The van der Waals surface area contributed by atoms with Gasteiger partial charge in [0, 0.05) is 23.7 Å². The SMILES string of the molecule is CC(C)=C[C@@H]1CO[C@]23C[C@]4(CO2)C(CC[C@@H]2[C@@]5(C)CC[C@H](O[C@@H]6OC[C@H](O)[C@H](O[C@@H]7O[C@H](CO)[C@@H](O)[C@H](O)[C@H]7O)[C@H]6O[C@@H]6O[C@@H](CO)[C@H](O)[C@H]6O)C(C)(C)[C@@H]5CC[C@]24C)C3[C@@]1(C)O. The zero-order valence-electron chi connectivity index (χ0n) is 37.8. The number of rotatable bonds is 9. The molecule has 24 atom stereocenters. The van der Waals surface area contributed by atoms with Crippen molar-refractivity contribution in [2.45, 2.75) is 191 Å². The molecule has 2 spiro atoms. The van der Waals surface area contributed by atoms with Gasteiger partial charge >= 0.3 is 0 Å². The van der Waals surface area contributed by atoms with Crippen molar-refractivity contribution in [2.24, 2.45) is 51.2 Å². The summed E-state index contributed by atoms with van der Waals surface area (Å²) in [5.41, 5.74) is -0.487. The normalized spacial score (nSPS) is 57.2. The van der Waals surface area contributed by atoms with Gasteiger partial charge in [0.2, 0.25) is 0 Å². The number of aliphatic hydroxyl groups excluding tert-OH is 8. The molecule has 17 nitrogen and oxygen atoms in total. The van der Waals surface area contributed by atoms with Crippen molar-refractivity contribution < 1.29 is 83.9 Å². The van der Waals surface area contributed by atoms with Gasteiger partial charge in [0.15, 0.2) is 24.7 Å². The number of allylic oxidation sites excluding steroid dienone is 1. The van der Waals surface area contributed by atoms with E-state index < -0.39 is 110 Å². The van der Waals surface area contributed by atoms with Crippen LogP contribution < -0.4 is 0 Å². The van der Waals surface area contributed by atoms with Crippen molar-refractivity contribution in [3.05, 3.63) is 11.6 Å². The molecule has 5 saturated heterocycles. The minimum atomic E-state index is -1.79. The molecule has 63 heavy (non-hydrogen) atoms. The Hall–Kier alpha value is -0.940. The van der Waals surface area contributed by atoms with Crippen molar-refractivity contribution in [1.29, 1.82) is 0 Å². The van der Waals surface area contributed by atoms with Crippen LogP contribution in [0.25, 0.3) is 0 Å². The van der Waals surface area contributed by atoms with Crippen molar-refractivity contribution in [3.8, 4) is 0 Å². The Kier molecular flexibility index (Phi) is 12.2. The van der Waals surface area contributed by atoms with E-state index in [1.54, 1.807) is 0 Å². The number of hydrogen-bond donors (Lipinski definition) is 9. The first-order valence-electron chi connectivity index (χ1n) is 23.4. The molecule has 5 heterocycles. The molecule has 9 N–H and O–H groups in total. The monoisotopic (exact) mass is 898 g/mol. The average Bonchev–Trinajstić information content (AvgIpc) is 3.85. The van der Waals surface area contributed by atoms with Crippen molar-refractivity contribution in [3.63, 3.8) is 0 Å². The lowest BCUT2D eigenvalue weighted by atomic mass is 9.35. The third-order valence-electron chi connectivity index (χ3n) is 18.7. The number of ether oxygens (including phenoxy) is 8. The van der Waals surface area contributed by atoms with Gasteiger partial charge in [-0.05, 0) is 93.3 Å². The Balaban J connectivity index is 0.970. The van der Waals surface area contributed by atoms with Crippen molar-refractivity contribution in [2.75, 3.05) is 33.0 Å². The van der Waals surface area contributed by atoms with Crippen LogP contribution in [0.4, 0.5) is 0 Å². The second kappa shape index (κ2) is 16.4. The van der Waals surface area contributed by atoms with Gasteiger partial charge in [-0.3, -0.25) is 0 Å². The maximum atomic E-state index is 12.4. The molecule has 2 bridgehead atoms. The summed E-state index contributed by atoms with van der Waals surface area (Å²) in [4.78, 5) is 0. The number of fused-ring (bicyclic) bond motifs is 4. The van der Waals surface area contributed by atoms with Crippen molar-refractivity contribution in [1.82, 2.24) is 0 Å². The standard InChI is InChI=1S/C46H74O17/c1-21(2)14-22-17-57-46-19-45(20-58-46)23(37(46)44(22,7)55)8-9-28-42(5)12-11-29(41(3,4)27(42)10-13-43(28,45)6)61-40-36(63-38-33(53)31(51)26(16-48)60-38)35(24(49)18-56-40)62-39-34(54)32(52)30(50)25(15-47)59-39/h14,22-40,47-55H,8-13,15-20H2,1-7H3/t22-,23?,24+,25-,26+,27+,28-,29+,30-,31+,32+,33-,34-,35+,36-,37?,38+,39+,40+,42+,43-,44+,45+,46-/m1/s1. The summed E-state index contributed by atoms with van der Waals surface area (Å²) in [6.07, 6.45) is -11.3.